The van der Waals surface area contributed by atoms with Crippen molar-refractivity contribution in [2.24, 2.45) is 5.92 Å². The van der Waals surface area contributed by atoms with Crippen molar-refractivity contribution >= 4 is 17.5 Å². The lowest BCUT2D eigenvalue weighted by Crippen LogP contribution is -2.31. The molecule has 2 amide bonds. The summed E-state index contributed by atoms with van der Waals surface area (Å²) >= 11 is 0. The molecular weight excluding hydrogens is 315 g/mol. The van der Waals surface area contributed by atoms with E-state index < -0.39 is 34.8 Å². The van der Waals surface area contributed by atoms with Crippen LogP contribution in [-0.4, -0.2) is 34.3 Å². The van der Waals surface area contributed by atoms with Gasteiger partial charge in [-0.2, -0.15) is 13.2 Å². The minimum Gasteiger partial charge on any atom is -0.339 e. The monoisotopic (exact) mass is 329 g/mol. The highest BCUT2D eigenvalue weighted by atomic mass is 19.4. The van der Waals surface area contributed by atoms with Gasteiger partial charge in [-0.05, 0) is 18.9 Å². The van der Waals surface area contributed by atoms with E-state index >= 15 is 0 Å². The SMILES string of the molecule is O=C(Nc1cc(C(F)(F)F)c[nH]c1=O)[C@@H]1CC(=O)N(C2CC2)C1. The van der Waals surface area contributed by atoms with Crippen molar-refractivity contribution in [3.63, 3.8) is 0 Å². The van der Waals surface area contributed by atoms with Crippen molar-refractivity contribution in [3.8, 4) is 0 Å². The zero-order valence-electron chi connectivity index (χ0n) is 11.9. The highest BCUT2D eigenvalue weighted by Crippen LogP contribution is 2.33. The smallest absolute Gasteiger partial charge is 0.339 e. The van der Waals surface area contributed by atoms with Crippen molar-refractivity contribution in [2.75, 3.05) is 11.9 Å². The van der Waals surface area contributed by atoms with Gasteiger partial charge in [-0.1, -0.05) is 0 Å². The molecule has 1 aromatic rings. The second-order valence-corrected chi connectivity index (χ2v) is 5.80. The number of likely N-dealkylation sites (tertiary alicyclic amines) is 1. The molecule has 2 fully saturated rings. The molecule has 0 spiro atoms. The van der Waals surface area contributed by atoms with Crippen LogP contribution in [0.3, 0.4) is 0 Å². The third-order valence-electron chi connectivity index (χ3n) is 4.01. The molecule has 0 aromatic carbocycles. The van der Waals surface area contributed by atoms with Gasteiger partial charge in [0.15, 0.2) is 0 Å². The Balaban J connectivity index is 1.73. The van der Waals surface area contributed by atoms with E-state index in [1.807, 2.05) is 4.98 Å². The summed E-state index contributed by atoms with van der Waals surface area (Å²) in [7, 11) is 0. The molecule has 1 aromatic heterocycles. The van der Waals surface area contributed by atoms with Crippen molar-refractivity contribution in [1.82, 2.24) is 9.88 Å². The Kier molecular flexibility index (Phi) is 3.65. The van der Waals surface area contributed by atoms with Crippen LogP contribution in [0.5, 0.6) is 0 Å². The first-order valence-corrected chi connectivity index (χ1v) is 7.16. The zero-order chi connectivity index (χ0) is 16.8. The van der Waals surface area contributed by atoms with E-state index in [0.717, 1.165) is 12.8 Å². The molecule has 6 nitrogen and oxygen atoms in total. The second kappa shape index (κ2) is 5.39. The molecule has 0 radical (unpaired) electrons. The predicted molar refractivity (Wildman–Crippen MR) is 73.5 cm³/mol. The van der Waals surface area contributed by atoms with E-state index in [9.17, 15) is 27.6 Å². The lowest BCUT2D eigenvalue weighted by atomic mass is 10.1. The first-order chi connectivity index (χ1) is 10.8. The van der Waals surface area contributed by atoms with Gasteiger partial charge in [-0.3, -0.25) is 14.4 Å². The van der Waals surface area contributed by atoms with Gasteiger partial charge in [0.2, 0.25) is 11.8 Å². The molecule has 23 heavy (non-hydrogen) atoms. The number of H-pyrrole nitrogens is 1. The van der Waals surface area contributed by atoms with Crippen molar-refractivity contribution in [1.29, 1.82) is 0 Å². The summed E-state index contributed by atoms with van der Waals surface area (Å²) in [6.07, 6.45) is -2.25. The Morgan fingerprint density at radius 1 is 1.30 bits per heavy atom. The lowest BCUT2D eigenvalue weighted by Gasteiger charge is -2.15. The van der Waals surface area contributed by atoms with Crippen molar-refractivity contribution in [2.45, 2.75) is 31.5 Å². The van der Waals surface area contributed by atoms with E-state index in [1.165, 1.54) is 0 Å². The molecule has 1 aliphatic heterocycles. The summed E-state index contributed by atoms with van der Waals surface area (Å²) in [6.45, 7) is 0.242. The number of carbonyl (C=O) groups is 2. The average molecular weight is 329 g/mol. The maximum Gasteiger partial charge on any atom is 0.417 e. The first kappa shape index (κ1) is 15.6. The first-order valence-electron chi connectivity index (χ1n) is 7.16. The van der Waals surface area contributed by atoms with Crippen LogP contribution in [-0.2, 0) is 15.8 Å². The number of aromatic amines is 1. The van der Waals surface area contributed by atoms with Gasteiger partial charge in [0.05, 0.1) is 11.5 Å². The Bertz CT molecular complexity index is 709. The Hall–Kier alpha value is -2.32. The molecule has 0 bridgehead atoms. The van der Waals surface area contributed by atoms with Gasteiger partial charge >= 0.3 is 6.18 Å². The molecule has 1 saturated heterocycles. The van der Waals surface area contributed by atoms with Crippen LogP contribution < -0.4 is 10.9 Å². The van der Waals surface area contributed by atoms with E-state index in [1.54, 1.807) is 4.90 Å². The summed E-state index contributed by atoms with van der Waals surface area (Å²) in [5.74, 6) is -1.41. The fraction of sp³-hybridized carbons (Fsp3) is 0.500. The third kappa shape index (κ3) is 3.22. The van der Waals surface area contributed by atoms with E-state index in [-0.39, 0.29) is 24.9 Å². The molecule has 9 heteroatoms. The van der Waals surface area contributed by atoms with Crippen molar-refractivity contribution in [3.05, 3.63) is 28.2 Å². The Morgan fingerprint density at radius 3 is 2.61 bits per heavy atom. The fourth-order valence-corrected chi connectivity index (χ4v) is 2.62. The maximum atomic E-state index is 12.7. The third-order valence-corrected chi connectivity index (χ3v) is 4.01. The van der Waals surface area contributed by atoms with Gasteiger partial charge in [-0.25, -0.2) is 0 Å². The molecule has 2 heterocycles. The van der Waals surface area contributed by atoms with Gasteiger partial charge in [0.1, 0.15) is 5.69 Å². The van der Waals surface area contributed by atoms with E-state index in [2.05, 4.69) is 5.32 Å². The van der Waals surface area contributed by atoms with Crippen LogP contribution in [0.2, 0.25) is 0 Å². The largest absolute Gasteiger partial charge is 0.417 e. The van der Waals surface area contributed by atoms with E-state index in [0.29, 0.717) is 12.3 Å². The Labute approximate surface area is 128 Å². The zero-order valence-corrected chi connectivity index (χ0v) is 11.9. The molecule has 3 rings (SSSR count). The summed E-state index contributed by atoms with van der Waals surface area (Å²) in [5.41, 5.74) is -2.36. The number of alkyl halides is 3. The minimum absolute atomic E-state index is 0.0131. The van der Waals surface area contributed by atoms with Crippen LogP contribution in [0.15, 0.2) is 17.1 Å². The van der Waals surface area contributed by atoms with Crippen LogP contribution in [0, 0.1) is 5.92 Å². The van der Waals surface area contributed by atoms with Gasteiger partial charge < -0.3 is 15.2 Å². The highest BCUT2D eigenvalue weighted by Gasteiger charge is 2.42. The number of hydrogen-bond acceptors (Lipinski definition) is 3. The van der Waals surface area contributed by atoms with Gasteiger partial charge in [0.25, 0.3) is 5.56 Å². The number of pyridine rings is 1. The van der Waals surface area contributed by atoms with Crippen LogP contribution >= 0.6 is 0 Å². The average Bonchev–Trinajstić information content (AvgIpc) is 3.22. The lowest BCUT2D eigenvalue weighted by molar-refractivity contribution is -0.137. The van der Waals surface area contributed by atoms with Crippen LogP contribution in [0.4, 0.5) is 18.9 Å². The number of anilines is 1. The molecule has 124 valence electrons. The highest BCUT2D eigenvalue weighted by molar-refractivity contribution is 5.97. The normalized spacial score (nSPS) is 21.6. The predicted octanol–water partition coefficient (Wildman–Crippen LogP) is 1.34. The molecular formula is C14H14F3N3O3. The second-order valence-electron chi connectivity index (χ2n) is 5.80. The maximum absolute atomic E-state index is 12.7. The van der Waals surface area contributed by atoms with E-state index in [4.69, 9.17) is 0 Å². The number of nitrogens with one attached hydrogen (secondary N) is 2. The standard InChI is InChI=1S/C14H14F3N3O3/c15-14(16,17)8-4-10(13(23)18-5-8)19-12(22)7-3-11(21)20(6-7)9-1-2-9/h4-5,7,9H,1-3,6H2,(H,18,23)(H,19,22)/t7-/m1/s1. The molecule has 1 aliphatic carbocycles. The number of aromatic nitrogens is 1. The number of nitrogens with zero attached hydrogens (tertiary/aromatic N) is 1. The van der Waals surface area contributed by atoms with Gasteiger partial charge in [-0.15, -0.1) is 0 Å². The fourth-order valence-electron chi connectivity index (χ4n) is 2.62. The number of carbonyl (C=O) groups excluding carboxylic acids is 2. The molecule has 2 N–H and O–H groups in total. The molecule has 1 atom stereocenters. The number of amides is 2. The van der Waals surface area contributed by atoms with Crippen LogP contribution in [0.25, 0.3) is 0 Å². The number of hydrogen-bond donors (Lipinski definition) is 2. The summed E-state index contributed by atoms with van der Waals surface area (Å²) in [4.78, 5) is 39.1. The number of halogens is 3. The quantitative estimate of drug-likeness (QED) is 0.878. The summed E-state index contributed by atoms with van der Waals surface area (Å²) in [6, 6.07) is 0.767. The molecule has 0 unspecified atom stereocenters. The molecule has 2 aliphatic rings. The van der Waals surface area contributed by atoms with Gasteiger partial charge in [0, 0.05) is 25.2 Å². The molecule has 1 saturated carbocycles. The van der Waals surface area contributed by atoms with Crippen LogP contribution in [0.1, 0.15) is 24.8 Å². The van der Waals surface area contributed by atoms with Crippen molar-refractivity contribution < 1.29 is 22.8 Å². The topological polar surface area (TPSA) is 82.3 Å². The summed E-state index contributed by atoms with van der Waals surface area (Å²) in [5, 5.41) is 2.20. The number of rotatable bonds is 3. The summed E-state index contributed by atoms with van der Waals surface area (Å²) < 4.78 is 38.0. The Morgan fingerprint density at radius 2 is 2.00 bits per heavy atom. The minimum atomic E-state index is -4.63.